The van der Waals surface area contributed by atoms with Gasteiger partial charge in [-0.3, -0.25) is 0 Å². The second kappa shape index (κ2) is 10.6. The first kappa shape index (κ1) is 30.1. The van der Waals surface area contributed by atoms with E-state index in [-0.39, 0.29) is 9.75 Å². The fourth-order valence-electron chi connectivity index (χ4n) is 4.88. The van der Waals surface area contributed by atoms with E-state index in [2.05, 4.69) is 0 Å². The lowest BCUT2D eigenvalue weighted by molar-refractivity contribution is 0.381. The predicted molar refractivity (Wildman–Crippen MR) is 168 cm³/mol. The summed E-state index contributed by atoms with van der Waals surface area (Å²) in [5, 5.41) is 0. The summed E-state index contributed by atoms with van der Waals surface area (Å²) in [6.45, 7) is 0. The topological polar surface area (TPSA) is 0 Å². The Morgan fingerprint density at radius 2 is 0.413 bits per heavy atom. The molecule has 0 nitrogen and oxygen atoms in total. The maximum Gasteiger partial charge on any atom is 0.200 e. The SMILES string of the molecule is Fc1c(F)c(F)c(-c2cc3sc(-c4cc5sc(-c6cc7sc(-c8c(F)c(F)c(F)c(F)c8F)cc7s6)cc5s4)cc3s2)c(F)c1F. The number of thiophene rings is 6. The molecule has 0 aliphatic carbocycles. The molecule has 6 aromatic heterocycles. The van der Waals surface area contributed by atoms with Gasteiger partial charge in [-0.25, -0.2) is 43.9 Å². The van der Waals surface area contributed by atoms with Crippen LogP contribution in [0.2, 0.25) is 0 Å². The molecule has 6 heterocycles. The van der Waals surface area contributed by atoms with Crippen LogP contribution >= 0.6 is 68.0 Å². The minimum Gasteiger partial charge on any atom is -0.203 e. The second-order valence-corrected chi connectivity index (χ2v) is 16.2. The molecule has 0 radical (unpaired) electrons. The van der Waals surface area contributed by atoms with Gasteiger partial charge in [-0.15, -0.1) is 68.0 Å². The summed E-state index contributed by atoms with van der Waals surface area (Å²) in [7, 11) is 0. The molecule has 8 rings (SSSR count). The largest absolute Gasteiger partial charge is 0.203 e. The Hall–Kier alpha value is -3.28. The monoisotopic (exact) mass is 748 g/mol. The molecule has 0 aliphatic rings. The zero-order valence-electron chi connectivity index (χ0n) is 21.7. The van der Waals surface area contributed by atoms with Crippen molar-refractivity contribution in [2.24, 2.45) is 0 Å². The van der Waals surface area contributed by atoms with Gasteiger partial charge in [-0.05, 0) is 36.4 Å². The van der Waals surface area contributed by atoms with Crippen LogP contribution in [0.4, 0.5) is 43.9 Å². The third kappa shape index (κ3) is 4.41. The summed E-state index contributed by atoms with van der Waals surface area (Å²) in [5.74, 6) is -19.9. The van der Waals surface area contributed by atoms with E-state index in [1.54, 1.807) is 12.1 Å². The van der Waals surface area contributed by atoms with Crippen LogP contribution in [0, 0.1) is 58.2 Å². The van der Waals surface area contributed by atoms with Crippen molar-refractivity contribution in [3.63, 3.8) is 0 Å². The summed E-state index contributed by atoms with van der Waals surface area (Å²) < 4.78 is 144. The minimum atomic E-state index is -2.21. The highest BCUT2D eigenvalue weighted by Gasteiger charge is 2.29. The fourth-order valence-corrected chi connectivity index (χ4v) is 12.3. The summed E-state index contributed by atoms with van der Waals surface area (Å²) in [5.41, 5.74) is -1.92. The van der Waals surface area contributed by atoms with Crippen LogP contribution in [0.1, 0.15) is 0 Å². The third-order valence-corrected chi connectivity index (χ3v) is 14.3. The lowest BCUT2D eigenvalue weighted by atomic mass is 10.1. The number of hydrogen-bond acceptors (Lipinski definition) is 6. The number of rotatable bonds is 4. The Labute approximate surface area is 273 Å². The van der Waals surface area contributed by atoms with Crippen LogP contribution in [-0.4, -0.2) is 0 Å². The van der Waals surface area contributed by atoms with Crippen LogP contribution in [0.3, 0.4) is 0 Å². The first-order valence-electron chi connectivity index (χ1n) is 12.6. The summed E-state index contributed by atoms with van der Waals surface area (Å²) in [6.07, 6.45) is 0. The summed E-state index contributed by atoms with van der Waals surface area (Å²) >= 11 is 7.47. The van der Waals surface area contributed by atoms with Gasteiger partial charge in [0.1, 0.15) is 0 Å². The van der Waals surface area contributed by atoms with Crippen molar-refractivity contribution >= 4 is 96.2 Å². The van der Waals surface area contributed by atoms with Crippen LogP contribution in [0.15, 0.2) is 36.4 Å². The summed E-state index contributed by atoms with van der Waals surface area (Å²) in [6, 6.07) is 10.4. The van der Waals surface area contributed by atoms with Crippen molar-refractivity contribution in [3.05, 3.63) is 94.6 Å². The highest BCUT2D eigenvalue weighted by molar-refractivity contribution is 7.36. The molecule has 0 saturated heterocycles. The van der Waals surface area contributed by atoms with E-state index in [0.29, 0.717) is 18.8 Å². The fraction of sp³-hybridized carbons (Fsp3) is 0. The van der Waals surface area contributed by atoms with E-state index < -0.39 is 69.3 Å². The average molecular weight is 749 g/mol. The van der Waals surface area contributed by atoms with E-state index in [4.69, 9.17) is 0 Å². The average Bonchev–Trinajstić information content (AvgIpc) is 3.84. The van der Waals surface area contributed by atoms with E-state index in [1.807, 2.05) is 12.1 Å². The molecule has 2 aromatic carbocycles. The number of fused-ring (bicyclic) bond motifs is 3. The molecule has 0 fully saturated rings. The van der Waals surface area contributed by atoms with E-state index in [1.165, 1.54) is 57.5 Å². The lowest BCUT2D eigenvalue weighted by Crippen LogP contribution is -2.03. The third-order valence-electron chi connectivity index (χ3n) is 7.02. The molecular weight excluding hydrogens is 743 g/mol. The molecule has 8 aromatic rings. The maximum absolute atomic E-state index is 14.3. The van der Waals surface area contributed by atoms with E-state index in [9.17, 15) is 43.9 Å². The molecule has 0 N–H and O–H groups in total. The van der Waals surface area contributed by atoms with E-state index >= 15 is 0 Å². The molecule has 0 bridgehead atoms. The van der Waals surface area contributed by atoms with Gasteiger partial charge in [0.15, 0.2) is 46.5 Å². The molecule has 0 atom stereocenters. The molecule has 46 heavy (non-hydrogen) atoms. The van der Waals surface area contributed by atoms with Crippen LogP contribution in [0.5, 0.6) is 0 Å². The predicted octanol–water partition coefficient (Wildman–Crippen LogP) is 13.6. The van der Waals surface area contributed by atoms with Crippen LogP contribution in [-0.2, 0) is 0 Å². The Bertz CT molecular complexity index is 2230. The summed E-state index contributed by atoms with van der Waals surface area (Å²) in [4.78, 5) is 3.40. The number of halogens is 10. The van der Waals surface area contributed by atoms with Crippen molar-refractivity contribution in [1.82, 2.24) is 0 Å². The Morgan fingerprint density at radius 3 is 0.652 bits per heavy atom. The van der Waals surface area contributed by atoms with Crippen LogP contribution in [0.25, 0.3) is 68.6 Å². The van der Waals surface area contributed by atoms with Gasteiger partial charge in [0.2, 0.25) is 11.6 Å². The lowest BCUT2D eigenvalue weighted by Gasteiger charge is -2.06. The first-order chi connectivity index (χ1) is 21.9. The van der Waals surface area contributed by atoms with Gasteiger partial charge in [0.05, 0.1) is 11.1 Å². The quantitative estimate of drug-likeness (QED) is 0.0955. The smallest absolute Gasteiger partial charge is 0.200 e. The maximum atomic E-state index is 14.3. The molecular formula is C30H6F10S6. The normalized spacial score (nSPS) is 12.1. The zero-order valence-corrected chi connectivity index (χ0v) is 26.6. The van der Waals surface area contributed by atoms with Gasteiger partial charge in [0.25, 0.3) is 0 Å². The standard InChI is InChI=1S/C30H6F10S6/c31-21-19(22(32)26(36)29(39)25(21)35)17-5-15-13(45-17)3-11(43-15)9-1-7-8(42-9)2-10(41-7)12-4-14-16(44-12)6-18(46-14)20-23(33)27(37)30(40)28(38)24(20)34/h1-6H. The molecule has 232 valence electrons. The minimum absolute atomic E-state index is 0.0763. The van der Waals surface area contributed by atoms with Crippen molar-refractivity contribution in [2.75, 3.05) is 0 Å². The number of benzene rings is 2. The Kier molecular flexibility index (Phi) is 6.94. The van der Waals surface area contributed by atoms with E-state index in [0.717, 1.165) is 51.6 Å². The highest BCUT2D eigenvalue weighted by atomic mass is 32.1. The second-order valence-electron chi connectivity index (χ2n) is 9.74. The Balaban J connectivity index is 1.08. The van der Waals surface area contributed by atoms with Gasteiger partial charge < -0.3 is 0 Å². The van der Waals surface area contributed by atoms with Gasteiger partial charge in [-0.1, -0.05) is 0 Å². The molecule has 0 amide bonds. The van der Waals surface area contributed by atoms with Crippen molar-refractivity contribution in [1.29, 1.82) is 0 Å². The molecule has 0 spiro atoms. The zero-order chi connectivity index (χ0) is 32.3. The molecule has 0 unspecified atom stereocenters. The Morgan fingerprint density at radius 1 is 0.239 bits per heavy atom. The molecule has 0 aliphatic heterocycles. The molecule has 0 saturated carbocycles. The van der Waals surface area contributed by atoms with Gasteiger partial charge in [-0.2, -0.15) is 0 Å². The highest BCUT2D eigenvalue weighted by Crippen LogP contribution is 2.50. The number of hydrogen-bond donors (Lipinski definition) is 0. The molecule has 16 heteroatoms. The van der Waals surface area contributed by atoms with Crippen molar-refractivity contribution < 1.29 is 43.9 Å². The van der Waals surface area contributed by atoms with Gasteiger partial charge in [0, 0.05) is 57.5 Å². The van der Waals surface area contributed by atoms with Crippen LogP contribution < -0.4 is 0 Å². The van der Waals surface area contributed by atoms with Gasteiger partial charge >= 0.3 is 0 Å². The first-order valence-corrected chi connectivity index (χ1v) is 17.5. The van der Waals surface area contributed by atoms with Crippen molar-refractivity contribution in [3.8, 4) is 40.4 Å². The van der Waals surface area contributed by atoms with Crippen molar-refractivity contribution in [2.45, 2.75) is 0 Å².